The first-order valence-corrected chi connectivity index (χ1v) is 6.98. The van der Waals surface area contributed by atoms with E-state index in [9.17, 15) is 14.7 Å². The van der Waals surface area contributed by atoms with Gasteiger partial charge in [-0.15, -0.1) is 0 Å². The number of aromatic amines is 1. The maximum absolute atomic E-state index is 11.9. The summed E-state index contributed by atoms with van der Waals surface area (Å²) in [5.74, 6) is -1.14. The van der Waals surface area contributed by atoms with Gasteiger partial charge in [0.1, 0.15) is 5.60 Å². The third-order valence-corrected chi connectivity index (χ3v) is 3.14. The van der Waals surface area contributed by atoms with Crippen molar-refractivity contribution in [2.75, 3.05) is 0 Å². The molecule has 1 amide bonds. The van der Waals surface area contributed by atoms with Crippen LogP contribution in [0.4, 0.5) is 4.79 Å². The number of H-pyrrole nitrogens is 1. The quantitative estimate of drug-likeness (QED) is 0.812. The number of nitrogens with one attached hydrogen (secondary N) is 2. The molecule has 0 aliphatic rings. The molecule has 0 radical (unpaired) electrons. The van der Waals surface area contributed by atoms with Crippen LogP contribution in [0.1, 0.15) is 38.1 Å². The summed E-state index contributed by atoms with van der Waals surface area (Å²) in [4.78, 5) is 26.6. The topological polar surface area (TPSA) is 91.4 Å². The minimum absolute atomic E-state index is 0.536. The molecule has 6 nitrogen and oxygen atoms in total. The van der Waals surface area contributed by atoms with Gasteiger partial charge >= 0.3 is 12.1 Å². The summed E-state index contributed by atoms with van der Waals surface area (Å²) >= 11 is 0. The molecule has 0 fully saturated rings. The van der Waals surface area contributed by atoms with Gasteiger partial charge in [-0.1, -0.05) is 18.2 Å². The Labute approximate surface area is 128 Å². The minimum Gasteiger partial charge on any atom is -0.479 e. The number of amides is 1. The molecule has 1 aromatic carbocycles. The summed E-state index contributed by atoms with van der Waals surface area (Å²) in [7, 11) is 0. The molecule has 2 aromatic rings. The summed E-state index contributed by atoms with van der Waals surface area (Å²) < 4.78 is 5.14. The molecule has 1 heterocycles. The Morgan fingerprint density at radius 1 is 1.27 bits per heavy atom. The van der Waals surface area contributed by atoms with Crippen LogP contribution in [0.3, 0.4) is 0 Å². The molecule has 3 N–H and O–H groups in total. The molecule has 22 heavy (non-hydrogen) atoms. The number of aryl methyl sites for hydroxylation is 1. The third kappa shape index (κ3) is 3.39. The second-order valence-electron chi connectivity index (χ2n) is 6.13. The number of ether oxygens (including phenoxy) is 1. The molecule has 6 heteroatoms. The molecule has 1 atom stereocenters. The van der Waals surface area contributed by atoms with Crippen LogP contribution >= 0.6 is 0 Å². The lowest BCUT2D eigenvalue weighted by Crippen LogP contribution is -2.38. The highest BCUT2D eigenvalue weighted by Gasteiger charge is 2.29. The number of hydrogen-bond acceptors (Lipinski definition) is 3. The number of fused-ring (bicyclic) bond motifs is 1. The summed E-state index contributed by atoms with van der Waals surface area (Å²) in [6.07, 6.45) is -0.760. The van der Waals surface area contributed by atoms with Gasteiger partial charge < -0.3 is 20.1 Å². The second-order valence-corrected chi connectivity index (χ2v) is 6.13. The number of aliphatic carboxylic acids is 1. The van der Waals surface area contributed by atoms with Gasteiger partial charge in [-0.25, -0.2) is 9.59 Å². The monoisotopic (exact) mass is 304 g/mol. The van der Waals surface area contributed by atoms with Crippen molar-refractivity contribution in [2.24, 2.45) is 0 Å². The summed E-state index contributed by atoms with van der Waals surface area (Å²) in [5, 5.41) is 12.7. The number of carbonyl (C=O) groups is 2. The molecule has 118 valence electrons. The van der Waals surface area contributed by atoms with Crippen molar-refractivity contribution < 1.29 is 19.4 Å². The Kier molecular flexibility index (Phi) is 4.12. The average Bonchev–Trinajstić information content (AvgIpc) is 2.69. The molecular formula is C16H20N2O4. The van der Waals surface area contributed by atoms with Crippen LogP contribution in [0.2, 0.25) is 0 Å². The maximum Gasteiger partial charge on any atom is 0.408 e. The van der Waals surface area contributed by atoms with Crippen LogP contribution in [-0.2, 0) is 9.53 Å². The number of rotatable bonds is 3. The first kappa shape index (κ1) is 15.9. The first-order chi connectivity index (χ1) is 10.2. The van der Waals surface area contributed by atoms with E-state index in [0.29, 0.717) is 11.3 Å². The molecule has 0 spiro atoms. The fourth-order valence-corrected chi connectivity index (χ4v) is 2.35. The van der Waals surface area contributed by atoms with E-state index in [1.165, 1.54) is 0 Å². The van der Waals surface area contributed by atoms with Crippen LogP contribution in [0, 0.1) is 6.92 Å². The Hall–Kier alpha value is -2.50. The highest BCUT2D eigenvalue weighted by Crippen LogP contribution is 2.28. The van der Waals surface area contributed by atoms with Crippen molar-refractivity contribution in [3.8, 4) is 0 Å². The van der Waals surface area contributed by atoms with Crippen molar-refractivity contribution in [1.82, 2.24) is 10.3 Å². The van der Waals surface area contributed by atoms with Crippen molar-refractivity contribution in [3.05, 3.63) is 35.5 Å². The van der Waals surface area contributed by atoms with E-state index < -0.39 is 23.7 Å². The number of aromatic nitrogens is 1. The summed E-state index contributed by atoms with van der Waals surface area (Å²) in [5.41, 5.74) is 1.37. The highest BCUT2D eigenvalue weighted by molar-refractivity contribution is 5.92. The molecule has 2 rings (SSSR count). The average molecular weight is 304 g/mol. The summed E-state index contributed by atoms with van der Waals surface area (Å²) in [6, 6.07) is 6.19. The van der Waals surface area contributed by atoms with Crippen LogP contribution in [0.25, 0.3) is 10.9 Å². The summed E-state index contributed by atoms with van der Waals surface area (Å²) in [6.45, 7) is 6.94. The number of carboxylic acid groups (broad SMARTS) is 1. The number of hydrogen-bond donors (Lipinski definition) is 3. The zero-order valence-electron chi connectivity index (χ0n) is 13.1. The van der Waals surface area contributed by atoms with E-state index >= 15 is 0 Å². The van der Waals surface area contributed by atoms with Crippen molar-refractivity contribution in [1.29, 1.82) is 0 Å². The predicted molar refractivity (Wildman–Crippen MR) is 82.8 cm³/mol. The molecule has 0 saturated heterocycles. The highest BCUT2D eigenvalue weighted by atomic mass is 16.6. The van der Waals surface area contributed by atoms with Crippen LogP contribution in [0.15, 0.2) is 24.3 Å². The Morgan fingerprint density at radius 3 is 2.50 bits per heavy atom. The molecule has 0 aliphatic heterocycles. The van der Waals surface area contributed by atoms with Gasteiger partial charge in [-0.05, 0) is 33.8 Å². The fraction of sp³-hybridized carbons (Fsp3) is 0.375. The second kappa shape index (κ2) is 5.71. The van der Waals surface area contributed by atoms with E-state index in [1.54, 1.807) is 27.7 Å². The predicted octanol–water partition coefficient (Wildman–Crippen LogP) is 3.13. The van der Waals surface area contributed by atoms with Crippen LogP contribution in [0.5, 0.6) is 0 Å². The lowest BCUT2D eigenvalue weighted by molar-refractivity contribution is -0.139. The molecular weight excluding hydrogens is 284 g/mol. The third-order valence-electron chi connectivity index (χ3n) is 3.14. The fourth-order valence-electron chi connectivity index (χ4n) is 2.35. The number of carboxylic acids is 1. The Morgan fingerprint density at radius 2 is 1.91 bits per heavy atom. The molecule has 0 saturated carbocycles. The minimum atomic E-state index is -1.18. The van der Waals surface area contributed by atoms with Gasteiger partial charge in [0.25, 0.3) is 0 Å². The smallest absolute Gasteiger partial charge is 0.408 e. The number of carbonyl (C=O) groups excluding carboxylic acids is 1. The largest absolute Gasteiger partial charge is 0.479 e. The SMILES string of the molecule is Cc1[nH]c2ccccc2c1C(NC(=O)OC(C)(C)C)C(=O)O. The van der Waals surface area contributed by atoms with Gasteiger partial charge in [0.05, 0.1) is 0 Å². The van der Waals surface area contributed by atoms with Gasteiger partial charge in [0, 0.05) is 22.2 Å². The molecule has 1 unspecified atom stereocenters. The number of para-hydroxylation sites is 1. The molecule has 0 bridgehead atoms. The van der Waals surface area contributed by atoms with Crippen molar-refractivity contribution in [2.45, 2.75) is 39.3 Å². The van der Waals surface area contributed by atoms with E-state index in [1.807, 2.05) is 24.3 Å². The van der Waals surface area contributed by atoms with Crippen LogP contribution in [-0.4, -0.2) is 27.8 Å². The molecule has 1 aromatic heterocycles. The molecule has 0 aliphatic carbocycles. The van der Waals surface area contributed by atoms with E-state index in [-0.39, 0.29) is 0 Å². The maximum atomic E-state index is 11.9. The standard InChI is InChI=1S/C16H20N2O4/c1-9-12(10-7-5-6-8-11(10)17-9)13(14(19)20)18-15(21)22-16(2,3)4/h5-8,13,17H,1-4H3,(H,18,21)(H,19,20). The lowest BCUT2D eigenvalue weighted by atomic mass is 10.0. The van der Waals surface area contributed by atoms with Gasteiger partial charge in [0.2, 0.25) is 0 Å². The lowest BCUT2D eigenvalue weighted by Gasteiger charge is -2.22. The van der Waals surface area contributed by atoms with Crippen molar-refractivity contribution in [3.63, 3.8) is 0 Å². The zero-order valence-corrected chi connectivity index (χ0v) is 13.1. The Balaban J connectivity index is 2.37. The van der Waals surface area contributed by atoms with E-state index in [4.69, 9.17) is 4.74 Å². The van der Waals surface area contributed by atoms with Gasteiger partial charge in [-0.2, -0.15) is 0 Å². The number of alkyl carbamates (subject to hydrolysis) is 1. The first-order valence-electron chi connectivity index (χ1n) is 6.98. The van der Waals surface area contributed by atoms with Gasteiger partial charge in [0.15, 0.2) is 6.04 Å². The van der Waals surface area contributed by atoms with Crippen molar-refractivity contribution >= 4 is 23.0 Å². The Bertz CT molecular complexity index is 712. The van der Waals surface area contributed by atoms with E-state index in [0.717, 1.165) is 10.9 Å². The van der Waals surface area contributed by atoms with Gasteiger partial charge in [-0.3, -0.25) is 0 Å². The van der Waals surface area contributed by atoms with E-state index in [2.05, 4.69) is 10.3 Å². The zero-order chi connectivity index (χ0) is 16.5. The normalized spacial score (nSPS) is 12.9. The number of benzene rings is 1. The van der Waals surface area contributed by atoms with Crippen LogP contribution < -0.4 is 5.32 Å².